The number of benzene rings is 2. The molecular formula is C28H34FN5O2. The number of hydrogen-bond donors (Lipinski definition) is 1. The Morgan fingerprint density at radius 2 is 1.86 bits per heavy atom. The lowest BCUT2D eigenvalue weighted by molar-refractivity contribution is -0.141. The zero-order chi connectivity index (χ0) is 26.3. The van der Waals surface area contributed by atoms with Crippen molar-refractivity contribution in [2.75, 3.05) is 26.8 Å². The van der Waals surface area contributed by atoms with Crippen LogP contribution in [0.4, 0.5) is 4.39 Å². The van der Waals surface area contributed by atoms with Crippen molar-refractivity contribution in [1.29, 1.82) is 5.26 Å². The Balaban J connectivity index is 2.18. The maximum atomic E-state index is 14.6. The minimum absolute atomic E-state index is 0.162. The van der Waals surface area contributed by atoms with Gasteiger partial charge in [0.25, 0.3) is 0 Å². The van der Waals surface area contributed by atoms with Crippen molar-refractivity contribution in [2.24, 2.45) is 11.1 Å². The van der Waals surface area contributed by atoms with E-state index in [2.05, 4.69) is 6.07 Å². The number of ether oxygens (including phenoxy) is 1. The number of hydrogen-bond acceptors (Lipinski definition) is 5. The molecule has 0 aliphatic heterocycles. The molecule has 190 valence electrons. The van der Waals surface area contributed by atoms with Gasteiger partial charge in [0.1, 0.15) is 18.6 Å². The molecule has 36 heavy (non-hydrogen) atoms. The Bertz CT molecular complexity index is 1180. The first-order chi connectivity index (χ1) is 17.2. The van der Waals surface area contributed by atoms with Crippen molar-refractivity contribution < 1.29 is 13.9 Å². The molecule has 0 saturated heterocycles. The number of methoxy groups -OCH3 is 1. The molecule has 2 atom stereocenters. The van der Waals surface area contributed by atoms with E-state index in [1.807, 2.05) is 74.0 Å². The van der Waals surface area contributed by atoms with E-state index >= 15 is 0 Å². The largest absolute Gasteiger partial charge is 0.375 e. The summed E-state index contributed by atoms with van der Waals surface area (Å²) in [4.78, 5) is 19.7. The number of carbonyl (C=O) groups excluding carboxylic acids is 1. The summed E-state index contributed by atoms with van der Waals surface area (Å²) in [5.41, 5.74) is 8.27. The molecule has 8 heteroatoms. The summed E-state index contributed by atoms with van der Waals surface area (Å²) in [6.07, 6.45) is 0.559. The minimum atomic E-state index is -1.38. The van der Waals surface area contributed by atoms with Gasteiger partial charge in [0.05, 0.1) is 29.9 Å². The number of halogens is 1. The van der Waals surface area contributed by atoms with Crippen molar-refractivity contribution in [3.05, 3.63) is 77.7 Å². The zero-order valence-electron chi connectivity index (χ0n) is 21.3. The first-order valence-corrected chi connectivity index (χ1v) is 11.9. The number of rotatable bonds is 10. The molecule has 7 nitrogen and oxygen atoms in total. The molecule has 3 aromatic rings. The maximum absolute atomic E-state index is 14.6. The molecule has 0 spiro atoms. The second-order valence-electron chi connectivity index (χ2n) is 9.87. The number of carbonyl (C=O) groups is 1. The average molecular weight is 492 g/mol. The highest BCUT2D eigenvalue weighted by Gasteiger charge is 2.39. The molecule has 1 heterocycles. The van der Waals surface area contributed by atoms with Gasteiger partial charge in [-0.15, -0.1) is 0 Å². The fourth-order valence-corrected chi connectivity index (χ4v) is 4.25. The molecular weight excluding hydrogens is 457 g/mol. The third kappa shape index (κ3) is 6.56. The van der Waals surface area contributed by atoms with E-state index in [1.54, 1.807) is 12.1 Å². The maximum Gasteiger partial charge on any atom is 0.249 e. The molecule has 0 fully saturated rings. The predicted molar refractivity (Wildman–Crippen MR) is 138 cm³/mol. The van der Waals surface area contributed by atoms with Gasteiger partial charge < -0.3 is 19.9 Å². The SMILES string of the molecule is COCC(=O)N(C[C@@H](F)CN)[C@@H](c1nc(-c2ccc(C#N)cc2)cn1Cc1ccccc1)C(C)(C)C. The number of nitriles is 1. The molecule has 1 aromatic heterocycles. The molecule has 0 saturated carbocycles. The summed E-state index contributed by atoms with van der Waals surface area (Å²) in [5, 5.41) is 9.17. The summed E-state index contributed by atoms with van der Waals surface area (Å²) in [5.74, 6) is 0.307. The number of alkyl halides is 1. The second kappa shape index (κ2) is 11.9. The second-order valence-corrected chi connectivity index (χ2v) is 9.87. The normalized spacial score (nSPS) is 13.1. The fourth-order valence-electron chi connectivity index (χ4n) is 4.25. The van der Waals surface area contributed by atoms with E-state index in [-0.39, 0.29) is 25.6 Å². The molecule has 0 unspecified atom stereocenters. The number of imidazole rings is 1. The first kappa shape index (κ1) is 27.1. The molecule has 0 bridgehead atoms. The van der Waals surface area contributed by atoms with Gasteiger partial charge in [0.15, 0.2) is 0 Å². The lowest BCUT2D eigenvalue weighted by Crippen LogP contribution is -2.47. The molecule has 2 N–H and O–H groups in total. The van der Waals surface area contributed by atoms with Crippen LogP contribution in [-0.2, 0) is 16.1 Å². The van der Waals surface area contributed by atoms with Crippen molar-refractivity contribution in [2.45, 2.75) is 39.5 Å². The van der Waals surface area contributed by atoms with Gasteiger partial charge in [-0.25, -0.2) is 9.37 Å². The van der Waals surface area contributed by atoms with Gasteiger partial charge in [-0.3, -0.25) is 4.79 Å². The van der Waals surface area contributed by atoms with Crippen molar-refractivity contribution in [1.82, 2.24) is 14.5 Å². The van der Waals surface area contributed by atoms with Gasteiger partial charge >= 0.3 is 0 Å². The number of nitrogens with two attached hydrogens (primary N) is 1. The Morgan fingerprint density at radius 3 is 2.42 bits per heavy atom. The van der Waals surface area contributed by atoms with Crippen LogP contribution in [-0.4, -0.2) is 53.3 Å². The standard InChI is InChI=1S/C28H34FN5O2/c1-28(2,3)26(34(17-23(29)15-31)25(35)19-36-4)27-32-24(22-12-10-20(14-30)11-13-22)18-33(27)16-21-8-6-5-7-9-21/h5-13,18,23,26H,15-17,19,31H2,1-4H3/t23-,26-/m0/s1. The third-order valence-corrected chi connectivity index (χ3v) is 5.93. The summed E-state index contributed by atoms with van der Waals surface area (Å²) in [7, 11) is 1.44. The number of amides is 1. The van der Waals surface area contributed by atoms with E-state index < -0.39 is 17.6 Å². The minimum Gasteiger partial charge on any atom is -0.375 e. The smallest absolute Gasteiger partial charge is 0.249 e. The molecule has 0 radical (unpaired) electrons. The fraction of sp³-hybridized carbons (Fsp3) is 0.393. The van der Waals surface area contributed by atoms with Crippen molar-refractivity contribution >= 4 is 5.91 Å². The van der Waals surface area contributed by atoms with E-state index in [0.717, 1.165) is 11.1 Å². The third-order valence-electron chi connectivity index (χ3n) is 5.93. The molecule has 0 aliphatic rings. The van der Waals surface area contributed by atoms with Crippen LogP contribution in [0.5, 0.6) is 0 Å². The molecule has 0 aliphatic carbocycles. The van der Waals surface area contributed by atoms with Gasteiger partial charge in [-0.1, -0.05) is 63.2 Å². The van der Waals surface area contributed by atoms with Gasteiger partial charge in [-0.05, 0) is 23.1 Å². The van der Waals surface area contributed by atoms with Crippen LogP contribution in [0.15, 0.2) is 60.8 Å². The van der Waals surface area contributed by atoms with E-state index in [0.29, 0.717) is 23.6 Å². The Labute approximate surface area is 212 Å². The highest BCUT2D eigenvalue weighted by atomic mass is 19.1. The highest BCUT2D eigenvalue weighted by Crippen LogP contribution is 2.39. The number of aromatic nitrogens is 2. The summed E-state index contributed by atoms with van der Waals surface area (Å²) in [6.45, 7) is 6.00. The van der Waals surface area contributed by atoms with Crippen LogP contribution in [0.1, 0.15) is 43.8 Å². The Kier molecular flexibility index (Phi) is 8.97. The van der Waals surface area contributed by atoms with Crippen LogP contribution in [0.2, 0.25) is 0 Å². The van der Waals surface area contributed by atoms with Gasteiger partial charge in [0, 0.05) is 32.0 Å². The first-order valence-electron chi connectivity index (χ1n) is 11.9. The topological polar surface area (TPSA) is 97.2 Å². The zero-order valence-corrected chi connectivity index (χ0v) is 21.3. The van der Waals surface area contributed by atoms with Crippen molar-refractivity contribution in [3.8, 4) is 17.3 Å². The average Bonchev–Trinajstić information content (AvgIpc) is 3.26. The predicted octanol–water partition coefficient (Wildman–Crippen LogP) is 4.33. The van der Waals surface area contributed by atoms with Crippen molar-refractivity contribution in [3.63, 3.8) is 0 Å². The summed E-state index contributed by atoms with van der Waals surface area (Å²) < 4.78 is 21.8. The molecule has 2 aromatic carbocycles. The molecule has 1 amide bonds. The monoisotopic (exact) mass is 491 g/mol. The van der Waals surface area contributed by atoms with Crippen LogP contribution >= 0.6 is 0 Å². The van der Waals surface area contributed by atoms with E-state index in [4.69, 9.17) is 20.7 Å². The highest BCUT2D eigenvalue weighted by molar-refractivity contribution is 5.78. The van der Waals surface area contributed by atoms with E-state index in [1.165, 1.54) is 12.0 Å². The summed E-state index contributed by atoms with van der Waals surface area (Å²) >= 11 is 0. The summed E-state index contributed by atoms with van der Waals surface area (Å²) in [6, 6.07) is 18.7. The molecule has 3 rings (SSSR count). The van der Waals surface area contributed by atoms with Gasteiger partial charge in [0.2, 0.25) is 5.91 Å². The Morgan fingerprint density at radius 1 is 1.19 bits per heavy atom. The van der Waals surface area contributed by atoms with Crippen LogP contribution in [0, 0.1) is 16.7 Å². The van der Waals surface area contributed by atoms with Gasteiger partial charge in [-0.2, -0.15) is 5.26 Å². The lowest BCUT2D eigenvalue weighted by atomic mass is 9.84. The van der Waals surface area contributed by atoms with E-state index in [9.17, 15) is 9.18 Å². The lowest BCUT2D eigenvalue weighted by Gasteiger charge is -2.40. The Hall–Kier alpha value is -3.54. The number of nitrogens with zero attached hydrogens (tertiary/aromatic N) is 4. The quantitative estimate of drug-likeness (QED) is 0.455. The van der Waals surface area contributed by atoms with Crippen LogP contribution in [0.3, 0.4) is 0 Å². The van der Waals surface area contributed by atoms with Crippen LogP contribution in [0.25, 0.3) is 11.3 Å². The van der Waals surface area contributed by atoms with Crippen LogP contribution < -0.4 is 5.73 Å².